The lowest BCUT2D eigenvalue weighted by Crippen LogP contribution is -2.35. The second kappa shape index (κ2) is 8.45. The molecule has 1 aliphatic heterocycles. The zero-order valence-corrected chi connectivity index (χ0v) is 17.1. The minimum atomic E-state index is -1.30. The van der Waals surface area contributed by atoms with Gasteiger partial charge in [-0.25, -0.2) is 23.4 Å². The van der Waals surface area contributed by atoms with E-state index in [2.05, 4.69) is 20.4 Å². The van der Waals surface area contributed by atoms with Gasteiger partial charge in [-0.2, -0.15) is 5.10 Å². The summed E-state index contributed by atoms with van der Waals surface area (Å²) in [6.07, 6.45) is -3.03. The zero-order valence-electron chi connectivity index (χ0n) is 17.1. The number of rotatable bonds is 5. The van der Waals surface area contributed by atoms with Crippen LogP contribution in [0.3, 0.4) is 0 Å². The predicted molar refractivity (Wildman–Crippen MR) is 115 cm³/mol. The summed E-state index contributed by atoms with van der Waals surface area (Å²) >= 11 is 0. The van der Waals surface area contributed by atoms with Gasteiger partial charge in [-0.1, -0.05) is 0 Å². The fourth-order valence-electron chi connectivity index (χ4n) is 3.85. The number of aromatic nitrogens is 4. The van der Waals surface area contributed by atoms with E-state index in [1.165, 1.54) is 35.3 Å². The molecule has 9 nitrogen and oxygen atoms in total. The Labute approximate surface area is 186 Å². The summed E-state index contributed by atoms with van der Waals surface area (Å²) in [7, 11) is 0. The third kappa shape index (κ3) is 3.80. The van der Waals surface area contributed by atoms with Crippen molar-refractivity contribution in [2.24, 2.45) is 5.73 Å². The molecule has 0 bridgehead atoms. The molecule has 4 atom stereocenters. The summed E-state index contributed by atoms with van der Waals surface area (Å²) in [5.41, 5.74) is 7.50. The van der Waals surface area contributed by atoms with Gasteiger partial charge >= 0.3 is 0 Å². The molecule has 0 saturated carbocycles. The van der Waals surface area contributed by atoms with E-state index in [4.69, 9.17) is 10.5 Å². The van der Waals surface area contributed by atoms with Crippen LogP contribution >= 0.6 is 0 Å². The van der Waals surface area contributed by atoms with E-state index in [0.717, 1.165) is 0 Å². The molecule has 170 valence electrons. The molecular weight excluding hydrogens is 434 g/mol. The quantitative estimate of drug-likeness (QED) is 0.361. The number of halogens is 2. The third-order valence-corrected chi connectivity index (χ3v) is 5.52. The molecule has 33 heavy (non-hydrogen) atoms. The van der Waals surface area contributed by atoms with E-state index in [0.29, 0.717) is 33.8 Å². The molecular formula is C22H20F2N6O3. The van der Waals surface area contributed by atoms with E-state index in [1.54, 1.807) is 24.3 Å². The number of aliphatic hydroxyl groups is 2. The van der Waals surface area contributed by atoms with E-state index in [9.17, 15) is 19.0 Å². The van der Waals surface area contributed by atoms with Crippen molar-refractivity contribution < 1.29 is 23.7 Å². The second-order valence-electron chi connectivity index (χ2n) is 7.63. The molecule has 2 aromatic carbocycles. The summed E-state index contributed by atoms with van der Waals surface area (Å²) in [5, 5.41) is 29.0. The van der Waals surface area contributed by atoms with Crippen molar-refractivity contribution in [1.29, 1.82) is 0 Å². The van der Waals surface area contributed by atoms with Gasteiger partial charge in [0, 0.05) is 17.8 Å². The van der Waals surface area contributed by atoms with Crippen LogP contribution in [-0.2, 0) is 4.74 Å². The van der Waals surface area contributed by atoms with Gasteiger partial charge in [0.25, 0.3) is 0 Å². The Morgan fingerprint density at radius 2 is 1.64 bits per heavy atom. The number of aliphatic hydroxyl groups excluding tert-OH is 2. The van der Waals surface area contributed by atoms with Gasteiger partial charge < -0.3 is 26.0 Å². The minimum Gasteiger partial charge on any atom is -0.387 e. The third-order valence-electron chi connectivity index (χ3n) is 5.52. The fraction of sp³-hybridized carbons (Fsp3) is 0.227. The van der Waals surface area contributed by atoms with Crippen molar-refractivity contribution in [2.75, 3.05) is 11.9 Å². The van der Waals surface area contributed by atoms with Crippen molar-refractivity contribution >= 4 is 22.5 Å². The first kappa shape index (κ1) is 21.3. The number of fused-ring (bicyclic) bond motifs is 1. The fourth-order valence-corrected chi connectivity index (χ4v) is 3.85. The highest BCUT2D eigenvalue weighted by Crippen LogP contribution is 2.37. The van der Waals surface area contributed by atoms with E-state index >= 15 is 0 Å². The van der Waals surface area contributed by atoms with Crippen molar-refractivity contribution in [2.45, 2.75) is 24.5 Å². The highest BCUT2D eigenvalue weighted by atomic mass is 19.1. The van der Waals surface area contributed by atoms with Crippen LogP contribution < -0.4 is 11.1 Å². The summed E-state index contributed by atoms with van der Waals surface area (Å²) in [6.45, 7) is 0.00506. The topological polar surface area (TPSA) is 131 Å². The Balaban J connectivity index is 1.68. The molecule has 5 N–H and O–H groups in total. The van der Waals surface area contributed by atoms with Crippen molar-refractivity contribution in [1.82, 2.24) is 19.7 Å². The summed E-state index contributed by atoms with van der Waals surface area (Å²) in [5.74, 6) is -0.430. The largest absolute Gasteiger partial charge is 0.387 e. The summed E-state index contributed by atoms with van der Waals surface area (Å²) in [4.78, 5) is 8.64. The van der Waals surface area contributed by atoms with Gasteiger partial charge in [0.05, 0.1) is 5.39 Å². The van der Waals surface area contributed by atoms with Crippen LogP contribution in [0.5, 0.6) is 0 Å². The van der Waals surface area contributed by atoms with Crippen LogP contribution in [0.4, 0.5) is 20.3 Å². The first-order chi connectivity index (χ1) is 16.0. The monoisotopic (exact) mass is 454 g/mol. The highest BCUT2D eigenvalue weighted by Gasteiger charge is 2.44. The van der Waals surface area contributed by atoms with Crippen LogP contribution in [0.2, 0.25) is 0 Å². The molecule has 0 radical (unpaired) electrons. The standard InChI is InChI=1S/C22H20F2N6O3/c23-12-3-1-11(2-4-12)17-16-20(28-14-7-5-13(24)6-8-14)26-10-27-21(16)30(29-17)22-19(32)18(31)15(9-25)33-22/h1-8,10,15,18-19,22,31-32H,9,25H2,(H,26,27,28)/t15-,18+,19+,22-/m1/s1. The number of hydrogen-bond donors (Lipinski definition) is 4. The van der Waals surface area contributed by atoms with Crippen molar-refractivity contribution in [3.05, 3.63) is 66.5 Å². The van der Waals surface area contributed by atoms with Crippen LogP contribution in [-0.4, -0.2) is 54.8 Å². The molecule has 1 fully saturated rings. The normalized spacial score (nSPS) is 22.7. The number of benzene rings is 2. The highest BCUT2D eigenvalue weighted by molar-refractivity contribution is 6.00. The van der Waals surface area contributed by atoms with Crippen molar-refractivity contribution in [3.63, 3.8) is 0 Å². The molecule has 11 heteroatoms. The Morgan fingerprint density at radius 3 is 2.27 bits per heavy atom. The average Bonchev–Trinajstić information content (AvgIpc) is 3.34. The van der Waals surface area contributed by atoms with Crippen LogP contribution in [0.1, 0.15) is 6.23 Å². The maximum Gasteiger partial charge on any atom is 0.181 e. The van der Waals surface area contributed by atoms with Gasteiger partial charge in [0.15, 0.2) is 11.9 Å². The van der Waals surface area contributed by atoms with Gasteiger partial charge in [-0.15, -0.1) is 0 Å². The Bertz CT molecular complexity index is 1280. The van der Waals surface area contributed by atoms with Crippen LogP contribution in [0, 0.1) is 11.6 Å². The average molecular weight is 454 g/mol. The van der Waals surface area contributed by atoms with Gasteiger partial charge in [-0.05, 0) is 48.5 Å². The van der Waals surface area contributed by atoms with Crippen molar-refractivity contribution in [3.8, 4) is 11.3 Å². The van der Waals surface area contributed by atoms with Gasteiger partial charge in [0.2, 0.25) is 0 Å². The van der Waals surface area contributed by atoms with Gasteiger partial charge in [0.1, 0.15) is 47.8 Å². The number of ether oxygens (including phenoxy) is 1. The predicted octanol–water partition coefficient (Wildman–Crippen LogP) is 2.09. The Kier molecular flexibility index (Phi) is 5.46. The molecule has 3 heterocycles. The summed E-state index contributed by atoms with van der Waals surface area (Å²) < 4.78 is 34.0. The maximum atomic E-state index is 13.6. The minimum absolute atomic E-state index is 0.00506. The first-order valence-electron chi connectivity index (χ1n) is 10.2. The molecule has 1 aliphatic rings. The molecule has 4 aromatic rings. The number of anilines is 2. The summed E-state index contributed by atoms with van der Waals surface area (Å²) in [6, 6.07) is 11.4. The number of nitrogens with zero attached hydrogens (tertiary/aromatic N) is 4. The van der Waals surface area contributed by atoms with E-state index in [-0.39, 0.29) is 12.4 Å². The zero-order chi connectivity index (χ0) is 23.1. The van der Waals surface area contributed by atoms with E-state index < -0.39 is 30.4 Å². The van der Waals surface area contributed by atoms with Crippen LogP contribution in [0.25, 0.3) is 22.3 Å². The lowest BCUT2D eigenvalue weighted by molar-refractivity contribution is -0.0391. The molecule has 0 amide bonds. The molecule has 0 spiro atoms. The van der Waals surface area contributed by atoms with Gasteiger partial charge in [-0.3, -0.25) is 0 Å². The second-order valence-corrected chi connectivity index (χ2v) is 7.63. The number of nitrogens with one attached hydrogen (secondary N) is 1. The Hall–Kier alpha value is -3.51. The smallest absolute Gasteiger partial charge is 0.181 e. The maximum absolute atomic E-state index is 13.6. The SMILES string of the molecule is NC[C@H]1O[C@@H](n2nc(-c3ccc(F)cc3)c3c(Nc4ccc(F)cc4)ncnc32)[C@@H](O)[C@H]1O. The Morgan fingerprint density at radius 1 is 0.970 bits per heavy atom. The molecule has 1 saturated heterocycles. The number of nitrogens with two attached hydrogens (primary N) is 1. The lowest BCUT2D eigenvalue weighted by atomic mass is 10.1. The van der Waals surface area contributed by atoms with E-state index in [1.807, 2.05) is 0 Å². The molecule has 5 rings (SSSR count). The first-order valence-corrected chi connectivity index (χ1v) is 10.2. The lowest BCUT2D eigenvalue weighted by Gasteiger charge is -2.15. The van der Waals surface area contributed by atoms with Crippen LogP contribution in [0.15, 0.2) is 54.9 Å². The molecule has 2 aromatic heterocycles. The number of hydrogen-bond acceptors (Lipinski definition) is 8. The molecule has 0 unspecified atom stereocenters. The molecule has 0 aliphatic carbocycles.